The van der Waals surface area contributed by atoms with Gasteiger partial charge in [0, 0.05) is 19.3 Å². The number of aryl methyl sites for hydroxylation is 2. The Morgan fingerprint density at radius 2 is 1.89 bits per heavy atom. The number of unbranched alkanes of at least 4 members (excludes halogenated alkanes) is 3. The van der Waals surface area contributed by atoms with E-state index >= 15 is 0 Å². The molecular formula is C16H23NO. The SMILES string of the molecule is CCc1cccc2ccn(CCCCCCO)c12. The predicted octanol–water partition coefficient (Wildman–Crippen LogP) is 3.76. The van der Waals surface area contributed by atoms with E-state index in [4.69, 9.17) is 5.11 Å². The number of para-hydroxylation sites is 1. The molecule has 0 amide bonds. The van der Waals surface area contributed by atoms with Crippen LogP contribution in [0.15, 0.2) is 30.5 Å². The molecule has 1 aromatic heterocycles. The van der Waals surface area contributed by atoms with Crippen LogP contribution in [0.2, 0.25) is 0 Å². The molecule has 1 aromatic carbocycles. The fourth-order valence-electron chi connectivity index (χ4n) is 2.56. The van der Waals surface area contributed by atoms with Crippen LogP contribution in [0.25, 0.3) is 10.9 Å². The average Bonchev–Trinajstić information content (AvgIpc) is 2.82. The maximum Gasteiger partial charge on any atom is 0.0512 e. The number of benzene rings is 1. The predicted molar refractivity (Wildman–Crippen MR) is 76.9 cm³/mol. The topological polar surface area (TPSA) is 25.2 Å². The van der Waals surface area contributed by atoms with E-state index in [2.05, 4.69) is 42.0 Å². The third kappa shape index (κ3) is 2.94. The molecule has 0 aliphatic rings. The zero-order chi connectivity index (χ0) is 12.8. The lowest BCUT2D eigenvalue weighted by molar-refractivity contribution is 0.282. The Hall–Kier alpha value is -1.28. The second-order valence-corrected chi connectivity index (χ2v) is 4.86. The molecule has 0 unspecified atom stereocenters. The highest BCUT2D eigenvalue weighted by atomic mass is 16.2. The minimum atomic E-state index is 0.326. The lowest BCUT2D eigenvalue weighted by atomic mass is 10.1. The molecule has 2 nitrogen and oxygen atoms in total. The Morgan fingerprint density at radius 1 is 1.06 bits per heavy atom. The number of aliphatic hydroxyl groups excluding tert-OH is 1. The second kappa shape index (κ2) is 6.60. The highest BCUT2D eigenvalue weighted by molar-refractivity contribution is 5.83. The molecule has 0 atom stereocenters. The van der Waals surface area contributed by atoms with Gasteiger partial charge < -0.3 is 9.67 Å². The number of fused-ring (bicyclic) bond motifs is 1. The minimum Gasteiger partial charge on any atom is -0.396 e. The van der Waals surface area contributed by atoms with Crippen molar-refractivity contribution in [3.8, 4) is 0 Å². The summed E-state index contributed by atoms with van der Waals surface area (Å²) in [5.41, 5.74) is 2.84. The molecule has 0 spiro atoms. The van der Waals surface area contributed by atoms with E-state index in [1.807, 2.05) is 0 Å². The van der Waals surface area contributed by atoms with Crippen LogP contribution in [-0.2, 0) is 13.0 Å². The van der Waals surface area contributed by atoms with Gasteiger partial charge in [0.15, 0.2) is 0 Å². The van der Waals surface area contributed by atoms with E-state index in [0.29, 0.717) is 6.61 Å². The van der Waals surface area contributed by atoms with Gasteiger partial charge in [-0.15, -0.1) is 0 Å². The molecule has 18 heavy (non-hydrogen) atoms. The molecule has 1 heterocycles. The maximum absolute atomic E-state index is 8.75. The first kappa shape index (κ1) is 13.2. The van der Waals surface area contributed by atoms with Crippen LogP contribution in [0.1, 0.15) is 38.2 Å². The van der Waals surface area contributed by atoms with Gasteiger partial charge in [-0.25, -0.2) is 0 Å². The third-order valence-electron chi connectivity index (χ3n) is 3.56. The largest absolute Gasteiger partial charge is 0.396 e. The Morgan fingerprint density at radius 3 is 2.67 bits per heavy atom. The van der Waals surface area contributed by atoms with E-state index in [1.165, 1.54) is 29.3 Å². The number of rotatable bonds is 7. The molecule has 2 rings (SSSR count). The van der Waals surface area contributed by atoms with Crippen LogP contribution < -0.4 is 0 Å². The summed E-state index contributed by atoms with van der Waals surface area (Å²) in [6, 6.07) is 8.77. The van der Waals surface area contributed by atoms with Crippen molar-refractivity contribution in [2.75, 3.05) is 6.61 Å². The summed E-state index contributed by atoms with van der Waals surface area (Å²) in [6.07, 6.45) is 7.76. The lowest BCUT2D eigenvalue weighted by Gasteiger charge is -2.08. The van der Waals surface area contributed by atoms with Crippen LogP contribution in [0.3, 0.4) is 0 Å². The molecule has 98 valence electrons. The van der Waals surface area contributed by atoms with E-state index in [1.54, 1.807) is 0 Å². The summed E-state index contributed by atoms with van der Waals surface area (Å²) in [7, 11) is 0. The standard InChI is InChI=1S/C16H23NO/c1-2-14-8-7-9-15-10-12-17(16(14)15)11-5-3-4-6-13-18/h7-10,12,18H,2-6,11,13H2,1H3. The minimum absolute atomic E-state index is 0.326. The monoisotopic (exact) mass is 245 g/mol. The summed E-state index contributed by atoms with van der Waals surface area (Å²) in [5, 5.41) is 10.1. The first-order valence-corrected chi connectivity index (χ1v) is 7.04. The number of hydrogen-bond donors (Lipinski definition) is 1. The first-order valence-electron chi connectivity index (χ1n) is 7.04. The van der Waals surface area contributed by atoms with Gasteiger partial charge in [0.2, 0.25) is 0 Å². The van der Waals surface area contributed by atoms with Crippen molar-refractivity contribution in [2.45, 2.75) is 45.6 Å². The summed E-state index contributed by atoms with van der Waals surface area (Å²) in [4.78, 5) is 0. The van der Waals surface area contributed by atoms with E-state index < -0.39 is 0 Å². The van der Waals surface area contributed by atoms with Gasteiger partial charge in [0.1, 0.15) is 0 Å². The molecule has 2 aromatic rings. The maximum atomic E-state index is 8.75. The molecule has 0 saturated carbocycles. The van der Waals surface area contributed by atoms with Crippen molar-refractivity contribution in [3.63, 3.8) is 0 Å². The van der Waals surface area contributed by atoms with E-state index in [0.717, 1.165) is 25.8 Å². The van der Waals surface area contributed by atoms with Crippen LogP contribution in [0.5, 0.6) is 0 Å². The van der Waals surface area contributed by atoms with Gasteiger partial charge >= 0.3 is 0 Å². The molecule has 0 aliphatic carbocycles. The Labute approximate surface area is 109 Å². The molecule has 0 aliphatic heterocycles. The highest BCUT2D eigenvalue weighted by Crippen LogP contribution is 2.21. The van der Waals surface area contributed by atoms with Crippen molar-refractivity contribution in [1.82, 2.24) is 4.57 Å². The smallest absolute Gasteiger partial charge is 0.0512 e. The fourth-order valence-corrected chi connectivity index (χ4v) is 2.56. The zero-order valence-electron chi connectivity index (χ0n) is 11.2. The molecule has 2 heteroatoms. The average molecular weight is 245 g/mol. The van der Waals surface area contributed by atoms with Crippen molar-refractivity contribution >= 4 is 10.9 Å². The number of aromatic nitrogens is 1. The molecule has 0 bridgehead atoms. The van der Waals surface area contributed by atoms with Crippen molar-refractivity contribution < 1.29 is 5.11 Å². The summed E-state index contributed by atoms with van der Waals surface area (Å²) >= 11 is 0. The van der Waals surface area contributed by atoms with Gasteiger partial charge in [0.25, 0.3) is 0 Å². The molecule has 0 fully saturated rings. The molecular weight excluding hydrogens is 222 g/mol. The number of aliphatic hydroxyl groups is 1. The lowest BCUT2D eigenvalue weighted by Crippen LogP contribution is -1.98. The Balaban J connectivity index is 2.04. The van der Waals surface area contributed by atoms with E-state index in [9.17, 15) is 0 Å². The van der Waals surface area contributed by atoms with E-state index in [-0.39, 0.29) is 0 Å². The quantitative estimate of drug-likeness (QED) is 0.738. The fraction of sp³-hybridized carbons (Fsp3) is 0.500. The van der Waals surface area contributed by atoms with Crippen molar-refractivity contribution in [2.24, 2.45) is 0 Å². The van der Waals surface area contributed by atoms with Gasteiger partial charge in [-0.1, -0.05) is 38.0 Å². The van der Waals surface area contributed by atoms with Gasteiger partial charge in [0.05, 0.1) is 5.52 Å². The van der Waals surface area contributed by atoms with Crippen LogP contribution >= 0.6 is 0 Å². The van der Waals surface area contributed by atoms with Crippen LogP contribution in [0.4, 0.5) is 0 Å². The summed E-state index contributed by atoms with van der Waals surface area (Å²) in [5.74, 6) is 0. The summed E-state index contributed by atoms with van der Waals surface area (Å²) in [6.45, 7) is 3.63. The zero-order valence-corrected chi connectivity index (χ0v) is 11.2. The first-order chi connectivity index (χ1) is 8.86. The van der Waals surface area contributed by atoms with Gasteiger partial charge in [-0.2, -0.15) is 0 Å². The van der Waals surface area contributed by atoms with Crippen LogP contribution in [-0.4, -0.2) is 16.3 Å². The number of nitrogens with zero attached hydrogens (tertiary/aromatic N) is 1. The van der Waals surface area contributed by atoms with Crippen molar-refractivity contribution in [3.05, 3.63) is 36.0 Å². The number of hydrogen-bond acceptors (Lipinski definition) is 1. The van der Waals surface area contributed by atoms with Gasteiger partial charge in [-0.05, 0) is 36.3 Å². The second-order valence-electron chi connectivity index (χ2n) is 4.86. The summed E-state index contributed by atoms with van der Waals surface area (Å²) < 4.78 is 2.38. The Kier molecular flexibility index (Phi) is 4.82. The molecule has 1 N–H and O–H groups in total. The third-order valence-corrected chi connectivity index (χ3v) is 3.56. The Bertz CT molecular complexity index is 487. The van der Waals surface area contributed by atoms with Gasteiger partial charge in [-0.3, -0.25) is 0 Å². The highest BCUT2D eigenvalue weighted by Gasteiger charge is 2.04. The van der Waals surface area contributed by atoms with Crippen molar-refractivity contribution in [1.29, 1.82) is 0 Å². The molecule has 0 saturated heterocycles. The molecule has 0 radical (unpaired) electrons. The normalized spacial score (nSPS) is 11.2. The van der Waals surface area contributed by atoms with Crippen LogP contribution in [0, 0.1) is 0 Å².